The molecule has 0 radical (unpaired) electrons. The smallest absolute Gasteiger partial charge is 0.254 e. The zero-order valence-electron chi connectivity index (χ0n) is 62.3. The van der Waals surface area contributed by atoms with Gasteiger partial charge in [-0.1, -0.05) is 34.8 Å². The van der Waals surface area contributed by atoms with Crippen molar-refractivity contribution in [3.05, 3.63) is 232 Å². The summed E-state index contributed by atoms with van der Waals surface area (Å²) in [6.45, 7) is 8.01. The summed E-state index contributed by atoms with van der Waals surface area (Å²) in [6.07, 6.45) is 17.2. The summed E-state index contributed by atoms with van der Waals surface area (Å²) in [6, 6.07) is 35.7. The number of pyridine rings is 5. The number of nitrogens with zero attached hydrogens (tertiary/aromatic N) is 13. The van der Waals surface area contributed by atoms with Gasteiger partial charge in [0.05, 0.1) is 99.2 Å². The van der Waals surface area contributed by atoms with E-state index in [0.29, 0.717) is 102 Å². The lowest BCUT2D eigenvalue weighted by Gasteiger charge is -2.33. The highest BCUT2D eigenvalue weighted by Crippen LogP contribution is 2.41. The molecule has 564 valence electrons. The van der Waals surface area contributed by atoms with Crippen LogP contribution in [0.4, 0.5) is 49.0 Å². The fourth-order valence-corrected chi connectivity index (χ4v) is 16.0. The van der Waals surface area contributed by atoms with Gasteiger partial charge < -0.3 is 66.1 Å². The van der Waals surface area contributed by atoms with E-state index in [0.717, 1.165) is 156 Å². The van der Waals surface area contributed by atoms with Gasteiger partial charge in [0.1, 0.15) is 46.1 Å². The van der Waals surface area contributed by atoms with Crippen molar-refractivity contribution in [1.82, 2.24) is 68.9 Å². The second kappa shape index (κ2) is 31.2. The standard InChI is InChI=1S/C28H30FN7O2.C28H30N6O2.C27H27FN6O2/c1-34(2)16-22-23(35-10-3-4-18(37)15-35)7-8-25(33-22)32-21-6-5-19(20-13-31-28(38)27(20)21)24-14-30-26-12-17(29)9-11-36(24)26;1-32(2)18-24-20(19-10-15-36-16-11-19)6-8-26(31-24)30-23-7-5-21(22-17-29-28(35)27(22)23)25-9-14-33-12-3-4-13-34(25)33;1-33(2)14-22-18(16-8-10-36-15-16)4-6-24(32-22)31-21-5-3-19(20-12-30-27(35)26(20)21)23-13-29-25-11-17(28)7-9-34(23)25/h5-9,11-12,14,18,37H,3-4,10,13,15-16H2,1-2H3,(H,31,38)(H,32,33);3-9,12-14,19H,10-11,15-18H2,1-2H3,(H,29,35);3-7,9,11,13,16H,8,10,12,14-15H2,1-2H3,(H,30,35)(H,31,32)/p+1/t18-;;16-/m1.0/s1. The third-order valence-electron chi connectivity index (χ3n) is 21.1. The first-order valence-corrected chi connectivity index (χ1v) is 37.3. The lowest BCUT2D eigenvalue weighted by Crippen LogP contribution is -2.39. The third kappa shape index (κ3) is 14.9. The highest BCUT2D eigenvalue weighted by Gasteiger charge is 2.33. The van der Waals surface area contributed by atoms with Crippen LogP contribution in [0.15, 0.2) is 159 Å². The van der Waals surface area contributed by atoms with Gasteiger partial charge in [-0.2, -0.15) is 0 Å². The van der Waals surface area contributed by atoms with Crippen molar-refractivity contribution in [2.75, 3.05) is 103 Å². The predicted molar refractivity (Wildman–Crippen MR) is 416 cm³/mol. The molecule has 0 spiro atoms. The normalized spacial score (nSPS) is 16.8. The maximum absolute atomic E-state index is 13.7. The van der Waals surface area contributed by atoms with Crippen LogP contribution in [-0.2, 0) is 48.7 Å². The molecule has 6 aliphatic rings. The van der Waals surface area contributed by atoms with Crippen LogP contribution in [0.3, 0.4) is 0 Å². The number of piperidine rings is 1. The van der Waals surface area contributed by atoms with Gasteiger partial charge in [-0.3, -0.25) is 23.2 Å². The first-order chi connectivity index (χ1) is 53.4. The highest BCUT2D eigenvalue weighted by atomic mass is 19.1. The maximum atomic E-state index is 13.7. The quantitative estimate of drug-likeness (QED) is 0.0394. The van der Waals surface area contributed by atoms with Crippen LogP contribution in [0.2, 0.25) is 0 Å². The van der Waals surface area contributed by atoms with Crippen LogP contribution >= 0.6 is 0 Å². The number of halogens is 2. The summed E-state index contributed by atoms with van der Waals surface area (Å²) in [5, 5.41) is 29.3. The Bertz CT molecular complexity index is 5510. The molecule has 0 unspecified atom stereocenters. The second-order valence-electron chi connectivity index (χ2n) is 29.5. The van der Waals surface area contributed by atoms with Gasteiger partial charge in [0.2, 0.25) is 12.4 Å². The first kappa shape index (κ1) is 72.6. The molecular weight excluding hydrogens is 1400 g/mol. The molecule has 15 heterocycles. The highest BCUT2D eigenvalue weighted by molar-refractivity contribution is 6.08. The van der Waals surface area contributed by atoms with Gasteiger partial charge in [0.25, 0.3) is 17.7 Å². The van der Waals surface area contributed by atoms with Crippen molar-refractivity contribution < 1.29 is 42.3 Å². The number of amides is 3. The number of nitrogens with one attached hydrogen (secondary N) is 6. The van der Waals surface area contributed by atoms with Gasteiger partial charge in [0, 0.05) is 131 Å². The Hall–Kier alpha value is -11.6. The van der Waals surface area contributed by atoms with Crippen molar-refractivity contribution in [3.8, 4) is 33.8 Å². The van der Waals surface area contributed by atoms with Crippen LogP contribution in [0.5, 0.6) is 0 Å². The molecule has 9 aromatic heterocycles. The molecule has 7 N–H and O–H groups in total. The van der Waals surface area contributed by atoms with E-state index in [9.17, 15) is 28.3 Å². The molecule has 27 heteroatoms. The second-order valence-corrected chi connectivity index (χ2v) is 29.5. The number of carbonyl (C=O) groups excluding carboxylic acids is 3. The largest absolute Gasteiger partial charge is 0.391 e. The van der Waals surface area contributed by atoms with Crippen LogP contribution in [0.1, 0.15) is 120 Å². The number of benzene rings is 3. The lowest BCUT2D eigenvalue weighted by molar-refractivity contribution is -0.616. The van der Waals surface area contributed by atoms with Crippen molar-refractivity contribution >= 4 is 69.2 Å². The number of β-amino-alcohol motifs (C(OH)–C–C–N with tert-alkyl or cyclic N) is 1. The molecule has 0 saturated carbocycles. The summed E-state index contributed by atoms with van der Waals surface area (Å²) < 4.78 is 46.3. The molecule has 110 heavy (non-hydrogen) atoms. The first-order valence-electron chi connectivity index (χ1n) is 37.3. The summed E-state index contributed by atoms with van der Waals surface area (Å²) in [7, 11) is 12.2. The zero-order chi connectivity index (χ0) is 75.8. The average Bonchev–Trinajstić information content (AvgIpc) is 1.61. The Balaban J connectivity index is 0.000000125. The van der Waals surface area contributed by atoms with Crippen molar-refractivity contribution in [1.29, 1.82) is 0 Å². The minimum absolute atomic E-state index is 0.0600. The summed E-state index contributed by atoms with van der Waals surface area (Å²) in [5.41, 5.74) is 19.7. The Morgan fingerprint density at radius 1 is 0.527 bits per heavy atom. The number of ether oxygens (including phenoxy) is 2. The number of hydrogen-bond donors (Lipinski definition) is 7. The molecule has 12 aromatic rings. The maximum Gasteiger partial charge on any atom is 0.254 e. The van der Waals surface area contributed by atoms with Crippen molar-refractivity contribution in [2.45, 2.75) is 89.3 Å². The molecule has 6 aliphatic heterocycles. The number of aliphatic hydroxyl groups excluding tert-OH is 1. The molecule has 3 saturated heterocycles. The van der Waals surface area contributed by atoms with E-state index in [1.165, 1.54) is 35.4 Å². The van der Waals surface area contributed by atoms with Crippen LogP contribution in [0, 0.1) is 11.6 Å². The summed E-state index contributed by atoms with van der Waals surface area (Å²) in [4.78, 5) is 70.8. The number of fused-ring (bicyclic) bond motifs is 6. The van der Waals surface area contributed by atoms with E-state index in [2.05, 4.69) is 104 Å². The molecule has 0 aliphatic carbocycles. The van der Waals surface area contributed by atoms with Gasteiger partial charge >= 0.3 is 0 Å². The Labute approximate surface area is 634 Å². The molecule has 3 amide bonds. The number of hydrogen-bond acceptors (Lipinski definition) is 18. The van der Waals surface area contributed by atoms with Crippen LogP contribution < -0.4 is 41.3 Å². The third-order valence-corrected chi connectivity index (χ3v) is 21.1. The van der Waals surface area contributed by atoms with Gasteiger partial charge in [0.15, 0.2) is 0 Å². The number of anilines is 7. The van der Waals surface area contributed by atoms with Gasteiger partial charge in [-0.25, -0.2) is 33.7 Å². The molecule has 25 nitrogen and oxygen atoms in total. The SMILES string of the molecule is CN(C)Cc1nc(Nc2ccc(-c3cc[n+]4ccccn34)c3c2C(=O)NC3)ccc1C1CCOCC1.CN(C)Cc1nc(Nc2ccc(-c3cnc4cc(F)ccn34)c3c2C(=O)NC3)ccc1N1CCC[C@@H](O)C1.CN(C)Cc1nc(Nc2ccc(-c3cnc4cc(F)ccn34)c3c2C(=O)NC3)ccc1[C@H]1CCOC1. The van der Waals surface area contributed by atoms with Crippen LogP contribution in [0.25, 0.3) is 45.1 Å². The molecule has 0 bridgehead atoms. The van der Waals surface area contributed by atoms with E-state index in [4.69, 9.17) is 24.4 Å². The van der Waals surface area contributed by atoms with Crippen molar-refractivity contribution in [3.63, 3.8) is 0 Å². The van der Waals surface area contributed by atoms with E-state index in [1.54, 1.807) is 24.8 Å². The van der Waals surface area contributed by atoms with E-state index < -0.39 is 0 Å². The van der Waals surface area contributed by atoms with Gasteiger partial charge in [-0.15, -0.1) is 4.52 Å². The number of aromatic nitrogens is 9. The number of aliphatic hydroxyl groups is 1. The van der Waals surface area contributed by atoms with Crippen molar-refractivity contribution in [2.24, 2.45) is 0 Å². The molecule has 3 aromatic carbocycles. The fourth-order valence-electron chi connectivity index (χ4n) is 16.0. The molecule has 2 atom stereocenters. The molecular formula is C83H88F2N19O6+. The predicted octanol–water partition coefficient (Wildman–Crippen LogP) is 11.2. The zero-order valence-corrected chi connectivity index (χ0v) is 62.3. The van der Waals surface area contributed by atoms with Crippen LogP contribution in [-0.4, -0.2) is 164 Å². The van der Waals surface area contributed by atoms with Gasteiger partial charge in [-0.05, 0) is 169 Å². The minimum Gasteiger partial charge on any atom is -0.391 e. The summed E-state index contributed by atoms with van der Waals surface area (Å²) in [5.74, 6) is 1.87. The Morgan fingerprint density at radius 3 is 1.50 bits per heavy atom. The van der Waals surface area contributed by atoms with E-state index >= 15 is 0 Å². The number of rotatable bonds is 18. The molecule has 3 fully saturated rings. The lowest BCUT2D eigenvalue weighted by atomic mass is 9.90. The summed E-state index contributed by atoms with van der Waals surface area (Å²) >= 11 is 0. The number of carbonyl (C=O) groups is 3. The fraction of sp³-hybridized carbons (Fsp3) is 0.313. The Kier molecular flexibility index (Phi) is 20.6. The van der Waals surface area contributed by atoms with E-state index in [-0.39, 0.29) is 35.5 Å². The Morgan fingerprint density at radius 2 is 1.00 bits per heavy atom. The molecule has 18 rings (SSSR count). The van der Waals surface area contributed by atoms with E-state index in [1.807, 2.05) is 127 Å². The monoisotopic (exact) mass is 1480 g/mol. The minimum atomic E-state index is -0.347. The topological polar surface area (TPSA) is 257 Å². The number of imidazole rings is 2. The average molecular weight is 1490 g/mol.